The summed E-state index contributed by atoms with van der Waals surface area (Å²) in [5, 5.41) is 3.06. The van der Waals surface area contributed by atoms with Gasteiger partial charge in [0.1, 0.15) is 0 Å². The van der Waals surface area contributed by atoms with Crippen molar-refractivity contribution < 1.29 is 4.79 Å². The second kappa shape index (κ2) is 5.01. The fourth-order valence-electron chi connectivity index (χ4n) is 3.07. The maximum Gasteiger partial charge on any atom is 0.228 e. The zero-order valence-corrected chi connectivity index (χ0v) is 11.4. The molecule has 1 amide bonds. The van der Waals surface area contributed by atoms with Gasteiger partial charge in [0.2, 0.25) is 5.91 Å². The molecule has 0 aromatic heterocycles. The number of hydrogen-bond donors (Lipinski definition) is 2. The van der Waals surface area contributed by atoms with Gasteiger partial charge in [0.05, 0.1) is 0 Å². The summed E-state index contributed by atoms with van der Waals surface area (Å²) < 4.78 is 0. The summed E-state index contributed by atoms with van der Waals surface area (Å²) in [7, 11) is 0. The van der Waals surface area contributed by atoms with E-state index in [0.29, 0.717) is 5.92 Å². The Labute approximate surface area is 109 Å². The van der Waals surface area contributed by atoms with Crippen molar-refractivity contribution in [3.63, 3.8) is 0 Å². The zero-order chi connectivity index (χ0) is 13.3. The summed E-state index contributed by atoms with van der Waals surface area (Å²) in [5.41, 5.74) is 9.99. The maximum absolute atomic E-state index is 12.2. The highest BCUT2D eigenvalue weighted by Crippen LogP contribution is 2.42. The highest BCUT2D eigenvalue weighted by Gasteiger charge is 2.34. The molecule has 1 heterocycles. The predicted octanol–water partition coefficient (Wildman–Crippen LogP) is 3.44. The molecule has 2 unspecified atom stereocenters. The lowest BCUT2D eigenvalue weighted by Crippen LogP contribution is -2.34. The predicted molar refractivity (Wildman–Crippen MR) is 75.7 cm³/mol. The summed E-state index contributed by atoms with van der Waals surface area (Å²) >= 11 is 0. The van der Waals surface area contributed by atoms with Gasteiger partial charge >= 0.3 is 0 Å². The van der Waals surface area contributed by atoms with Gasteiger partial charge in [0.25, 0.3) is 0 Å². The average Bonchev–Trinajstić information content (AvgIpc) is 2.32. The van der Waals surface area contributed by atoms with E-state index in [-0.39, 0.29) is 11.8 Å². The number of nitrogen functional groups attached to an aromatic ring is 1. The first-order valence-electron chi connectivity index (χ1n) is 6.79. The monoisotopic (exact) mass is 246 g/mol. The van der Waals surface area contributed by atoms with Gasteiger partial charge in [-0.2, -0.15) is 0 Å². The molecule has 1 aliphatic rings. The van der Waals surface area contributed by atoms with Crippen LogP contribution >= 0.6 is 0 Å². The number of benzene rings is 1. The molecule has 1 aromatic carbocycles. The third kappa shape index (κ3) is 2.09. The van der Waals surface area contributed by atoms with E-state index in [0.717, 1.165) is 36.2 Å². The van der Waals surface area contributed by atoms with Crippen LogP contribution in [-0.2, 0) is 4.79 Å². The fourth-order valence-corrected chi connectivity index (χ4v) is 3.07. The summed E-state index contributed by atoms with van der Waals surface area (Å²) in [6.45, 7) is 6.27. The first-order chi connectivity index (χ1) is 8.58. The molecule has 0 fully saturated rings. The Morgan fingerprint density at radius 1 is 1.28 bits per heavy atom. The van der Waals surface area contributed by atoms with Gasteiger partial charge in [-0.25, -0.2) is 0 Å². The highest BCUT2D eigenvalue weighted by molar-refractivity contribution is 5.97. The summed E-state index contributed by atoms with van der Waals surface area (Å²) in [6, 6.07) is 3.95. The minimum atomic E-state index is 0.0914. The summed E-state index contributed by atoms with van der Waals surface area (Å²) in [4.78, 5) is 12.2. The van der Waals surface area contributed by atoms with Crippen LogP contribution in [0, 0.1) is 12.8 Å². The molecule has 18 heavy (non-hydrogen) atoms. The van der Waals surface area contributed by atoms with Crippen LogP contribution in [0.5, 0.6) is 0 Å². The molecule has 2 atom stereocenters. The van der Waals surface area contributed by atoms with E-state index in [4.69, 9.17) is 5.73 Å². The van der Waals surface area contributed by atoms with Crippen molar-refractivity contribution in [1.82, 2.24) is 0 Å². The van der Waals surface area contributed by atoms with Gasteiger partial charge in [-0.3, -0.25) is 4.79 Å². The summed E-state index contributed by atoms with van der Waals surface area (Å²) in [6.07, 6.45) is 2.96. The van der Waals surface area contributed by atoms with E-state index in [1.165, 1.54) is 5.56 Å². The van der Waals surface area contributed by atoms with Crippen LogP contribution in [0.2, 0.25) is 0 Å². The molecule has 3 nitrogen and oxygen atoms in total. The van der Waals surface area contributed by atoms with Gasteiger partial charge in [0, 0.05) is 17.3 Å². The Balaban J connectivity index is 2.50. The Morgan fingerprint density at radius 3 is 2.61 bits per heavy atom. The smallest absolute Gasteiger partial charge is 0.228 e. The molecule has 3 N–H and O–H groups in total. The minimum Gasteiger partial charge on any atom is -0.399 e. The Hall–Kier alpha value is -1.51. The maximum atomic E-state index is 12.2. The normalized spacial score (nSPS) is 22.5. The van der Waals surface area contributed by atoms with Crippen molar-refractivity contribution in [1.29, 1.82) is 0 Å². The average molecular weight is 246 g/mol. The number of fused-ring (bicyclic) bond motifs is 1. The summed E-state index contributed by atoms with van der Waals surface area (Å²) in [5.74, 6) is 0.564. The number of rotatable bonds is 3. The van der Waals surface area contributed by atoms with E-state index < -0.39 is 0 Å². The minimum absolute atomic E-state index is 0.0914. The Morgan fingerprint density at radius 2 is 2.00 bits per heavy atom. The second-order valence-electron chi connectivity index (χ2n) is 5.20. The highest BCUT2D eigenvalue weighted by atomic mass is 16.2. The van der Waals surface area contributed by atoms with Crippen molar-refractivity contribution in [2.24, 2.45) is 5.92 Å². The van der Waals surface area contributed by atoms with E-state index in [9.17, 15) is 4.79 Å². The van der Waals surface area contributed by atoms with Crippen LogP contribution in [0.3, 0.4) is 0 Å². The molecule has 0 bridgehead atoms. The molecular formula is C15H22N2O. The standard InChI is InChI=1S/C15H22N2O/c1-4-6-12-11(5-2)13-8-10(16)7-9(3)14(13)17-15(12)18/h7-8,11-12H,4-6,16H2,1-3H3,(H,17,18). The number of nitrogens with two attached hydrogens (primary N) is 1. The van der Waals surface area contributed by atoms with Crippen molar-refractivity contribution in [2.75, 3.05) is 11.1 Å². The molecule has 0 saturated carbocycles. The van der Waals surface area contributed by atoms with Gasteiger partial charge < -0.3 is 11.1 Å². The molecule has 3 heteroatoms. The number of aryl methyl sites for hydroxylation is 1. The number of hydrogen-bond acceptors (Lipinski definition) is 2. The van der Waals surface area contributed by atoms with Crippen LogP contribution in [0.1, 0.15) is 50.2 Å². The topological polar surface area (TPSA) is 55.1 Å². The lowest BCUT2D eigenvalue weighted by atomic mass is 9.77. The van der Waals surface area contributed by atoms with E-state index >= 15 is 0 Å². The van der Waals surface area contributed by atoms with Crippen molar-refractivity contribution >= 4 is 17.3 Å². The Kier molecular flexibility index (Phi) is 3.60. The van der Waals surface area contributed by atoms with Crippen molar-refractivity contribution in [3.05, 3.63) is 23.3 Å². The van der Waals surface area contributed by atoms with E-state index in [2.05, 4.69) is 19.2 Å². The van der Waals surface area contributed by atoms with Crippen LogP contribution in [0.4, 0.5) is 11.4 Å². The largest absolute Gasteiger partial charge is 0.399 e. The Bertz CT molecular complexity index is 468. The van der Waals surface area contributed by atoms with Gasteiger partial charge in [-0.1, -0.05) is 20.3 Å². The molecule has 0 radical (unpaired) electrons. The number of amides is 1. The zero-order valence-electron chi connectivity index (χ0n) is 11.4. The van der Waals surface area contributed by atoms with Crippen LogP contribution in [0.25, 0.3) is 0 Å². The first kappa shape index (κ1) is 12.9. The molecule has 98 valence electrons. The molecule has 0 aliphatic carbocycles. The first-order valence-corrected chi connectivity index (χ1v) is 6.79. The second-order valence-corrected chi connectivity index (χ2v) is 5.20. The number of carbonyl (C=O) groups is 1. The van der Waals surface area contributed by atoms with E-state index in [1.54, 1.807) is 0 Å². The lowest BCUT2D eigenvalue weighted by molar-refractivity contribution is -0.121. The van der Waals surface area contributed by atoms with Crippen molar-refractivity contribution in [2.45, 2.75) is 46.0 Å². The number of carbonyl (C=O) groups excluding carboxylic acids is 1. The third-order valence-corrected chi connectivity index (χ3v) is 3.90. The SMILES string of the molecule is CCCC1C(=O)Nc2c(C)cc(N)cc2C1CC. The fraction of sp³-hybridized carbons (Fsp3) is 0.533. The quantitative estimate of drug-likeness (QED) is 0.803. The van der Waals surface area contributed by atoms with Crippen molar-refractivity contribution in [3.8, 4) is 0 Å². The molecule has 1 aromatic rings. The molecular weight excluding hydrogens is 224 g/mol. The molecule has 0 spiro atoms. The van der Waals surface area contributed by atoms with Crippen LogP contribution < -0.4 is 11.1 Å². The van der Waals surface area contributed by atoms with Gasteiger partial charge in [0.15, 0.2) is 0 Å². The molecule has 0 saturated heterocycles. The molecule has 2 rings (SSSR count). The third-order valence-electron chi connectivity index (χ3n) is 3.90. The van der Waals surface area contributed by atoms with Crippen LogP contribution in [-0.4, -0.2) is 5.91 Å². The van der Waals surface area contributed by atoms with Gasteiger partial charge in [-0.05, 0) is 48.9 Å². The number of anilines is 2. The van der Waals surface area contributed by atoms with E-state index in [1.807, 2.05) is 19.1 Å². The van der Waals surface area contributed by atoms with Gasteiger partial charge in [-0.15, -0.1) is 0 Å². The van der Waals surface area contributed by atoms with Crippen LogP contribution in [0.15, 0.2) is 12.1 Å². The molecule has 1 aliphatic heterocycles. The number of nitrogens with one attached hydrogen (secondary N) is 1. The lowest BCUT2D eigenvalue weighted by Gasteiger charge is -2.33.